The van der Waals surface area contributed by atoms with Gasteiger partial charge >= 0.3 is 6.01 Å². The van der Waals surface area contributed by atoms with Gasteiger partial charge in [0.05, 0.1) is 38.6 Å². The predicted octanol–water partition coefficient (Wildman–Crippen LogP) is 5.19. The number of morpholine rings is 2. The van der Waals surface area contributed by atoms with Crippen molar-refractivity contribution in [2.75, 3.05) is 74.4 Å². The SMILES string of the molecule is COc1ccc(N2C(=O)[C@@H](Oc3ccc(Cl)cc3Cl)[C@H]2c2ccc(Oc3nc(N4CCOCC4)nc(N4CCOCC4)n3)cc2)cc1. The molecule has 1 amide bonds. The van der Waals surface area contributed by atoms with Crippen LogP contribution in [0.15, 0.2) is 66.7 Å². The zero-order chi connectivity index (χ0) is 32.3. The van der Waals surface area contributed by atoms with E-state index in [0.29, 0.717) is 97.5 Å². The molecule has 0 bridgehead atoms. The summed E-state index contributed by atoms with van der Waals surface area (Å²) in [5.74, 6) is 2.47. The zero-order valence-corrected chi connectivity index (χ0v) is 27.1. The van der Waals surface area contributed by atoms with Gasteiger partial charge in [-0.05, 0) is 60.2 Å². The quantitative estimate of drug-likeness (QED) is 0.218. The molecule has 47 heavy (non-hydrogen) atoms. The molecule has 0 N–H and O–H groups in total. The third-order valence-corrected chi connectivity index (χ3v) is 8.68. The molecule has 3 fully saturated rings. The molecule has 4 aromatic rings. The minimum Gasteiger partial charge on any atom is -0.497 e. The fraction of sp³-hybridized carbons (Fsp3) is 0.333. The molecular formula is C33H32Cl2N6O6. The Balaban J connectivity index is 1.16. The summed E-state index contributed by atoms with van der Waals surface area (Å²) < 4.78 is 28.7. The lowest BCUT2D eigenvalue weighted by molar-refractivity contribution is -0.135. The first-order valence-corrected chi connectivity index (χ1v) is 16.0. The van der Waals surface area contributed by atoms with Gasteiger partial charge in [0.1, 0.15) is 23.3 Å². The lowest BCUT2D eigenvalue weighted by atomic mass is 9.89. The molecule has 0 spiro atoms. The Bertz CT molecular complexity index is 1680. The molecule has 0 aliphatic carbocycles. The van der Waals surface area contributed by atoms with Crippen LogP contribution in [0.2, 0.25) is 10.0 Å². The van der Waals surface area contributed by atoms with E-state index in [0.717, 1.165) is 5.56 Å². The minimum absolute atomic E-state index is 0.188. The number of nitrogens with zero attached hydrogens (tertiary/aromatic N) is 6. The summed E-state index contributed by atoms with van der Waals surface area (Å²) in [6.45, 7) is 5.10. The Kier molecular flexibility index (Phi) is 9.16. The highest BCUT2D eigenvalue weighted by Crippen LogP contribution is 2.43. The monoisotopic (exact) mass is 678 g/mol. The Labute approximate surface area is 281 Å². The van der Waals surface area contributed by atoms with Gasteiger partial charge in [-0.15, -0.1) is 0 Å². The highest BCUT2D eigenvalue weighted by atomic mass is 35.5. The summed E-state index contributed by atoms with van der Waals surface area (Å²) in [5.41, 5.74) is 1.54. The number of ether oxygens (including phenoxy) is 5. The predicted molar refractivity (Wildman–Crippen MR) is 177 cm³/mol. The van der Waals surface area contributed by atoms with Gasteiger partial charge in [-0.3, -0.25) is 9.69 Å². The highest BCUT2D eigenvalue weighted by molar-refractivity contribution is 6.35. The second-order valence-corrected chi connectivity index (χ2v) is 11.9. The van der Waals surface area contributed by atoms with Crippen molar-refractivity contribution in [1.29, 1.82) is 0 Å². The van der Waals surface area contributed by atoms with Crippen molar-refractivity contribution in [2.24, 2.45) is 0 Å². The lowest BCUT2D eigenvalue weighted by Gasteiger charge is -2.46. The van der Waals surface area contributed by atoms with Crippen LogP contribution in [0.1, 0.15) is 11.6 Å². The maximum absolute atomic E-state index is 13.5. The number of anilines is 3. The van der Waals surface area contributed by atoms with E-state index < -0.39 is 12.1 Å². The van der Waals surface area contributed by atoms with Crippen molar-refractivity contribution in [3.63, 3.8) is 0 Å². The number of hydrogen-bond acceptors (Lipinski definition) is 11. The molecule has 3 saturated heterocycles. The van der Waals surface area contributed by atoms with E-state index in [-0.39, 0.29) is 11.9 Å². The van der Waals surface area contributed by atoms with Crippen LogP contribution >= 0.6 is 23.2 Å². The maximum Gasteiger partial charge on any atom is 0.328 e. The Hall–Kier alpha value is -4.36. The number of halogens is 2. The van der Waals surface area contributed by atoms with E-state index in [1.807, 2.05) is 48.5 Å². The van der Waals surface area contributed by atoms with E-state index >= 15 is 0 Å². The van der Waals surface area contributed by atoms with E-state index in [9.17, 15) is 4.79 Å². The molecule has 244 valence electrons. The molecule has 7 rings (SSSR count). The third kappa shape index (κ3) is 6.72. The number of carbonyl (C=O) groups excluding carboxylic acids is 1. The summed E-state index contributed by atoms with van der Waals surface area (Å²) >= 11 is 12.5. The number of rotatable bonds is 9. The first-order chi connectivity index (χ1) is 23.0. The second kappa shape index (κ2) is 13.8. The molecule has 3 aliphatic heterocycles. The molecule has 12 nitrogen and oxygen atoms in total. The van der Waals surface area contributed by atoms with Crippen LogP contribution in [0.3, 0.4) is 0 Å². The summed E-state index contributed by atoms with van der Waals surface area (Å²) in [6.07, 6.45) is -0.821. The summed E-state index contributed by atoms with van der Waals surface area (Å²) in [4.78, 5) is 33.4. The van der Waals surface area contributed by atoms with Gasteiger partial charge in [-0.2, -0.15) is 15.0 Å². The molecule has 0 unspecified atom stereocenters. The molecule has 4 heterocycles. The molecule has 0 saturated carbocycles. The standard InChI is InChI=1S/C33H32Cl2N6O6/c1-43-24-9-5-23(6-10-24)41-28(29(30(41)42)47-27-11-4-22(34)20-26(27)35)21-2-7-25(8-3-21)46-33-37-31(39-12-16-44-17-13-39)36-32(38-33)40-14-18-45-19-15-40/h2-11,20,28-29H,12-19H2,1H3/t28-,29+/m1/s1. The van der Waals surface area contributed by atoms with Crippen LogP contribution in [-0.4, -0.2) is 86.7 Å². The van der Waals surface area contributed by atoms with E-state index in [1.54, 1.807) is 30.2 Å². The number of β-lactam (4-membered cyclic amide) rings is 1. The Morgan fingerprint density at radius 3 is 1.94 bits per heavy atom. The summed E-state index contributed by atoms with van der Waals surface area (Å²) in [5, 5.41) is 0.794. The van der Waals surface area contributed by atoms with Gasteiger partial charge in [-0.25, -0.2) is 0 Å². The van der Waals surface area contributed by atoms with E-state index in [1.165, 1.54) is 0 Å². The number of aromatic nitrogens is 3. The summed E-state index contributed by atoms with van der Waals surface area (Å²) in [6, 6.07) is 19.4. The van der Waals surface area contributed by atoms with Gasteiger partial charge in [0.25, 0.3) is 5.91 Å². The molecule has 1 aromatic heterocycles. The highest BCUT2D eigenvalue weighted by Gasteiger charge is 2.51. The van der Waals surface area contributed by atoms with Crippen LogP contribution in [-0.2, 0) is 14.3 Å². The largest absolute Gasteiger partial charge is 0.497 e. The molecule has 14 heteroatoms. The average molecular weight is 680 g/mol. The van der Waals surface area contributed by atoms with E-state index in [2.05, 4.69) is 19.8 Å². The van der Waals surface area contributed by atoms with Crippen LogP contribution in [0.25, 0.3) is 0 Å². The topological polar surface area (TPSA) is 112 Å². The molecule has 3 aromatic carbocycles. The van der Waals surface area contributed by atoms with E-state index in [4.69, 9.17) is 51.9 Å². The number of carbonyl (C=O) groups is 1. The van der Waals surface area contributed by atoms with Gasteiger partial charge in [0.15, 0.2) is 0 Å². The van der Waals surface area contributed by atoms with Crippen molar-refractivity contribution in [2.45, 2.75) is 12.1 Å². The Morgan fingerprint density at radius 1 is 0.766 bits per heavy atom. The fourth-order valence-electron chi connectivity index (χ4n) is 5.67. The van der Waals surface area contributed by atoms with Crippen molar-refractivity contribution in [3.8, 4) is 23.3 Å². The van der Waals surface area contributed by atoms with Gasteiger partial charge in [0, 0.05) is 36.9 Å². The number of benzene rings is 3. The van der Waals surface area contributed by atoms with Crippen molar-refractivity contribution in [3.05, 3.63) is 82.3 Å². The third-order valence-electron chi connectivity index (χ3n) is 8.15. The number of amides is 1. The minimum atomic E-state index is -0.821. The van der Waals surface area contributed by atoms with Crippen LogP contribution in [0.4, 0.5) is 17.6 Å². The van der Waals surface area contributed by atoms with Crippen LogP contribution in [0, 0.1) is 0 Å². The van der Waals surface area contributed by atoms with Crippen LogP contribution < -0.4 is 28.9 Å². The van der Waals surface area contributed by atoms with Gasteiger partial charge in [0.2, 0.25) is 18.0 Å². The second-order valence-electron chi connectivity index (χ2n) is 11.1. The van der Waals surface area contributed by atoms with Gasteiger partial charge < -0.3 is 33.5 Å². The first kappa shape index (κ1) is 31.3. The lowest BCUT2D eigenvalue weighted by Crippen LogP contribution is -2.61. The molecule has 2 atom stereocenters. The van der Waals surface area contributed by atoms with Crippen LogP contribution in [0.5, 0.6) is 23.3 Å². The molecule has 0 radical (unpaired) electrons. The summed E-state index contributed by atoms with van der Waals surface area (Å²) in [7, 11) is 1.60. The number of methoxy groups -OCH3 is 1. The normalized spacial score (nSPS) is 19.7. The average Bonchev–Trinajstić information content (AvgIpc) is 3.11. The van der Waals surface area contributed by atoms with Crippen molar-refractivity contribution < 1.29 is 28.5 Å². The maximum atomic E-state index is 13.5. The molecule has 3 aliphatic rings. The Morgan fingerprint density at radius 2 is 1.36 bits per heavy atom. The fourth-order valence-corrected chi connectivity index (χ4v) is 6.12. The number of hydrogen-bond donors (Lipinski definition) is 0. The van der Waals surface area contributed by atoms with Crippen molar-refractivity contribution in [1.82, 2.24) is 15.0 Å². The van der Waals surface area contributed by atoms with Gasteiger partial charge in [-0.1, -0.05) is 35.3 Å². The smallest absolute Gasteiger partial charge is 0.328 e. The van der Waals surface area contributed by atoms with Crippen molar-refractivity contribution >= 4 is 46.7 Å². The zero-order valence-electron chi connectivity index (χ0n) is 25.6. The first-order valence-electron chi connectivity index (χ1n) is 15.2. The molecular weight excluding hydrogens is 647 g/mol.